The molecule has 0 saturated heterocycles. The summed E-state index contributed by atoms with van der Waals surface area (Å²) in [7, 11) is 0. The van der Waals surface area contributed by atoms with Crippen LogP contribution >= 0.6 is 15.9 Å². The van der Waals surface area contributed by atoms with Gasteiger partial charge in [-0.3, -0.25) is 0 Å². The van der Waals surface area contributed by atoms with E-state index in [1.165, 1.54) is 31.2 Å². The lowest BCUT2D eigenvalue weighted by atomic mass is 9.83. The average molecular weight is 338 g/mol. The van der Waals surface area contributed by atoms with Crippen molar-refractivity contribution in [2.75, 3.05) is 13.2 Å². The van der Waals surface area contributed by atoms with Gasteiger partial charge in [0.15, 0.2) is 0 Å². The maximum Gasteiger partial charge on any atom is 0.124 e. The van der Waals surface area contributed by atoms with Crippen LogP contribution in [0, 0.1) is 11.8 Å². The van der Waals surface area contributed by atoms with Gasteiger partial charge in [-0.25, -0.2) is 0 Å². The van der Waals surface area contributed by atoms with Gasteiger partial charge in [0.2, 0.25) is 0 Å². The zero-order valence-corrected chi connectivity index (χ0v) is 13.8. The molecule has 0 spiro atoms. The summed E-state index contributed by atoms with van der Waals surface area (Å²) in [5.41, 5.74) is 1.31. The highest BCUT2D eigenvalue weighted by Gasteiger charge is 2.24. The van der Waals surface area contributed by atoms with E-state index in [1.54, 1.807) is 0 Å². The minimum Gasteiger partial charge on any atom is -0.493 e. The van der Waals surface area contributed by atoms with E-state index in [2.05, 4.69) is 46.4 Å². The molecule has 1 aliphatic carbocycles. The van der Waals surface area contributed by atoms with Gasteiger partial charge in [0.1, 0.15) is 5.75 Å². The normalized spacial score (nSPS) is 29.6. The van der Waals surface area contributed by atoms with E-state index >= 15 is 0 Å². The quantitative estimate of drug-likeness (QED) is 0.863. The van der Waals surface area contributed by atoms with Gasteiger partial charge in [0, 0.05) is 22.5 Å². The third-order valence-electron chi connectivity index (χ3n) is 4.80. The van der Waals surface area contributed by atoms with Gasteiger partial charge in [0.25, 0.3) is 0 Å². The summed E-state index contributed by atoms with van der Waals surface area (Å²) in [5, 5.41) is 3.79. The number of hydrogen-bond acceptors (Lipinski definition) is 2. The van der Waals surface area contributed by atoms with Crippen molar-refractivity contribution in [2.45, 2.75) is 45.1 Å². The molecule has 2 nitrogen and oxygen atoms in total. The zero-order valence-electron chi connectivity index (χ0n) is 12.2. The maximum atomic E-state index is 5.75. The minimum absolute atomic E-state index is 0.454. The van der Waals surface area contributed by atoms with Gasteiger partial charge in [0.05, 0.1) is 6.61 Å². The van der Waals surface area contributed by atoms with Crippen LogP contribution < -0.4 is 10.1 Å². The summed E-state index contributed by atoms with van der Waals surface area (Å²) in [6.45, 7) is 4.37. The third kappa shape index (κ3) is 3.37. The number of rotatable bonds is 3. The van der Waals surface area contributed by atoms with E-state index in [0.29, 0.717) is 6.04 Å². The lowest BCUT2D eigenvalue weighted by Gasteiger charge is -2.31. The van der Waals surface area contributed by atoms with E-state index < -0.39 is 0 Å². The Morgan fingerprint density at radius 1 is 1.20 bits per heavy atom. The van der Waals surface area contributed by atoms with Crippen molar-refractivity contribution < 1.29 is 4.74 Å². The highest BCUT2D eigenvalue weighted by atomic mass is 79.9. The first kappa shape index (κ1) is 14.4. The van der Waals surface area contributed by atoms with Crippen LogP contribution in [0.2, 0.25) is 0 Å². The Hall–Kier alpha value is -0.540. The van der Waals surface area contributed by atoms with E-state index in [-0.39, 0.29) is 0 Å². The second-order valence-electron chi connectivity index (χ2n) is 6.41. The van der Waals surface area contributed by atoms with Crippen molar-refractivity contribution in [3.8, 4) is 5.75 Å². The molecule has 3 heteroatoms. The number of ether oxygens (including phenoxy) is 1. The van der Waals surface area contributed by atoms with Gasteiger partial charge in [-0.05, 0) is 49.4 Å². The molecule has 1 atom stereocenters. The lowest BCUT2D eigenvalue weighted by molar-refractivity contribution is 0.233. The summed E-state index contributed by atoms with van der Waals surface area (Å²) in [6, 6.07) is 6.80. The fourth-order valence-corrected chi connectivity index (χ4v) is 3.80. The zero-order chi connectivity index (χ0) is 13.9. The fourth-order valence-electron chi connectivity index (χ4n) is 3.42. The molecule has 0 amide bonds. The Labute approximate surface area is 130 Å². The molecule has 3 rings (SSSR count). The van der Waals surface area contributed by atoms with E-state index in [4.69, 9.17) is 4.74 Å². The molecule has 1 aromatic carbocycles. The number of hydrogen-bond donors (Lipinski definition) is 1. The van der Waals surface area contributed by atoms with Gasteiger partial charge < -0.3 is 10.1 Å². The Morgan fingerprint density at radius 2 is 2.00 bits per heavy atom. The first-order valence-corrected chi connectivity index (χ1v) is 8.67. The van der Waals surface area contributed by atoms with Gasteiger partial charge in [-0.2, -0.15) is 0 Å². The number of fused-ring (bicyclic) bond motifs is 1. The van der Waals surface area contributed by atoms with Crippen molar-refractivity contribution in [3.63, 3.8) is 0 Å². The van der Waals surface area contributed by atoms with Gasteiger partial charge in [-0.1, -0.05) is 35.7 Å². The highest BCUT2D eigenvalue weighted by Crippen LogP contribution is 2.35. The predicted octanol–water partition coefficient (Wildman–Crippen LogP) is 4.69. The van der Waals surface area contributed by atoms with Gasteiger partial charge >= 0.3 is 0 Å². The Bertz CT molecular complexity index is 454. The smallest absolute Gasteiger partial charge is 0.124 e. The van der Waals surface area contributed by atoms with Crippen LogP contribution in [0.4, 0.5) is 0 Å². The number of benzene rings is 1. The van der Waals surface area contributed by atoms with E-state index in [9.17, 15) is 0 Å². The monoisotopic (exact) mass is 337 g/mol. The second kappa shape index (κ2) is 6.48. The summed E-state index contributed by atoms with van der Waals surface area (Å²) >= 11 is 3.57. The molecule has 0 radical (unpaired) electrons. The molecule has 20 heavy (non-hydrogen) atoms. The van der Waals surface area contributed by atoms with Gasteiger partial charge in [-0.15, -0.1) is 0 Å². The number of nitrogens with one attached hydrogen (secondary N) is 1. The Kier molecular flexibility index (Phi) is 4.67. The topological polar surface area (TPSA) is 21.3 Å². The van der Waals surface area contributed by atoms with Crippen LogP contribution in [0.25, 0.3) is 0 Å². The van der Waals surface area contributed by atoms with Crippen molar-refractivity contribution >= 4 is 15.9 Å². The third-order valence-corrected chi connectivity index (χ3v) is 5.29. The molecule has 1 unspecified atom stereocenters. The largest absolute Gasteiger partial charge is 0.493 e. The second-order valence-corrected chi connectivity index (χ2v) is 7.32. The molecule has 1 saturated carbocycles. The SMILES string of the molecule is CC1CCC(CNC2CCOc3ccc(Br)cc32)CC1. The Balaban J connectivity index is 1.60. The minimum atomic E-state index is 0.454. The molecule has 1 N–H and O–H groups in total. The summed E-state index contributed by atoms with van der Waals surface area (Å²) < 4.78 is 6.89. The molecule has 2 aliphatic rings. The fraction of sp³-hybridized carbons (Fsp3) is 0.647. The molecule has 1 aliphatic heterocycles. The van der Waals surface area contributed by atoms with Crippen LogP contribution in [-0.2, 0) is 0 Å². The molecule has 1 fully saturated rings. The van der Waals surface area contributed by atoms with Crippen LogP contribution in [0.5, 0.6) is 5.75 Å². The molecular formula is C17H24BrNO. The van der Waals surface area contributed by atoms with Crippen LogP contribution in [-0.4, -0.2) is 13.2 Å². The van der Waals surface area contributed by atoms with Crippen molar-refractivity contribution in [1.82, 2.24) is 5.32 Å². The molecular weight excluding hydrogens is 314 g/mol. The molecule has 1 aromatic rings. The van der Waals surface area contributed by atoms with Crippen LogP contribution in [0.3, 0.4) is 0 Å². The Morgan fingerprint density at radius 3 is 2.80 bits per heavy atom. The van der Waals surface area contributed by atoms with Crippen molar-refractivity contribution in [3.05, 3.63) is 28.2 Å². The van der Waals surface area contributed by atoms with Crippen LogP contribution in [0.1, 0.15) is 50.6 Å². The summed E-state index contributed by atoms with van der Waals surface area (Å²) in [4.78, 5) is 0. The lowest BCUT2D eigenvalue weighted by Crippen LogP contribution is -2.32. The molecule has 110 valence electrons. The van der Waals surface area contributed by atoms with Crippen LogP contribution in [0.15, 0.2) is 22.7 Å². The summed E-state index contributed by atoms with van der Waals surface area (Å²) in [6.07, 6.45) is 6.67. The molecule has 0 bridgehead atoms. The predicted molar refractivity (Wildman–Crippen MR) is 86.1 cm³/mol. The average Bonchev–Trinajstić information content (AvgIpc) is 2.47. The standard InChI is InChI=1S/C17H24BrNO/c1-12-2-4-13(5-3-12)11-19-16-8-9-20-17-7-6-14(18)10-15(16)17/h6-7,10,12-13,16,19H,2-5,8-9,11H2,1H3. The van der Waals surface area contributed by atoms with Crippen molar-refractivity contribution in [2.24, 2.45) is 11.8 Å². The summed E-state index contributed by atoms with van der Waals surface area (Å²) in [5.74, 6) is 2.85. The first-order chi connectivity index (χ1) is 9.72. The molecule has 0 aromatic heterocycles. The first-order valence-electron chi connectivity index (χ1n) is 7.88. The number of halogens is 1. The van der Waals surface area contributed by atoms with E-state index in [0.717, 1.165) is 41.6 Å². The maximum absolute atomic E-state index is 5.75. The van der Waals surface area contributed by atoms with Crippen molar-refractivity contribution in [1.29, 1.82) is 0 Å². The molecule has 1 heterocycles. The van der Waals surface area contributed by atoms with E-state index in [1.807, 2.05) is 0 Å². The highest BCUT2D eigenvalue weighted by molar-refractivity contribution is 9.10.